The third-order valence-electron chi connectivity index (χ3n) is 3.58. The van der Waals surface area contributed by atoms with Crippen LogP contribution in [-0.4, -0.2) is 27.0 Å². The molecule has 3 rings (SSSR count). The number of hydrogen-bond donors (Lipinski definition) is 1. The zero-order chi connectivity index (χ0) is 17.9. The maximum absolute atomic E-state index is 12.6. The second-order valence-corrected chi connectivity index (χ2v) is 5.44. The summed E-state index contributed by atoms with van der Waals surface area (Å²) >= 11 is 0. The summed E-state index contributed by atoms with van der Waals surface area (Å²) in [6.07, 6.45) is -3.95. The molecule has 0 bridgehead atoms. The zero-order valence-electron chi connectivity index (χ0n) is 13.3. The van der Waals surface area contributed by atoms with Crippen molar-refractivity contribution in [1.82, 2.24) is 20.4 Å². The van der Waals surface area contributed by atoms with Crippen LogP contribution >= 0.6 is 0 Å². The van der Waals surface area contributed by atoms with E-state index >= 15 is 0 Å². The number of aromatic amines is 1. The smallest absolute Gasteiger partial charge is 0.433 e. The Morgan fingerprint density at radius 1 is 1.12 bits per heavy atom. The molecule has 25 heavy (non-hydrogen) atoms. The summed E-state index contributed by atoms with van der Waals surface area (Å²) in [7, 11) is 0. The molecular formula is C17H15F3N4O. The van der Waals surface area contributed by atoms with Crippen LogP contribution < -0.4 is 4.74 Å². The quantitative estimate of drug-likeness (QED) is 0.761. The minimum Gasteiger partial charge on any atom is -0.477 e. The second-order valence-electron chi connectivity index (χ2n) is 5.44. The lowest BCUT2D eigenvalue weighted by Crippen LogP contribution is -2.09. The number of nitrogens with zero attached hydrogens (tertiary/aromatic N) is 3. The minimum absolute atomic E-state index is 0.0432. The van der Waals surface area contributed by atoms with Gasteiger partial charge >= 0.3 is 6.18 Å². The SMILES string of the molecule is Cc1[nH]nnc1-c1cccc(CCOc2cccc(C(F)(F)F)n2)c1. The second kappa shape index (κ2) is 6.92. The molecule has 1 aromatic carbocycles. The van der Waals surface area contributed by atoms with E-state index < -0.39 is 11.9 Å². The Morgan fingerprint density at radius 2 is 1.92 bits per heavy atom. The molecule has 0 aliphatic heterocycles. The number of ether oxygens (including phenoxy) is 1. The summed E-state index contributed by atoms with van der Waals surface area (Å²) in [5.41, 5.74) is 2.56. The molecule has 0 spiro atoms. The molecule has 0 unspecified atom stereocenters. The Morgan fingerprint density at radius 3 is 2.64 bits per heavy atom. The molecule has 0 saturated carbocycles. The molecule has 5 nitrogen and oxygen atoms in total. The first-order chi connectivity index (χ1) is 11.9. The summed E-state index contributed by atoms with van der Waals surface area (Å²) in [5, 5.41) is 10.6. The van der Waals surface area contributed by atoms with Gasteiger partial charge in [-0.05, 0) is 24.6 Å². The van der Waals surface area contributed by atoms with Gasteiger partial charge in [0.05, 0.1) is 12.3 Å². The standard InChI is InChI=1S/C17H15F3N4O/c1-11-16(23-24-22-11)13-5-2-4-12(10-13)8-9-25-15-7-3-6-14(21-15)17(18,19)20/h2-7,10H,8-9H2,1H3,(H,22,23,24). The number of aromatic nitrogens is 4. The number of hydrogen-bond acceptors (Lipinski definition) is 4. The molecule has 1 N–H and O–H groups in total. The monoisotopic (exact) mass is 348 g/mol. The zero-order valence-corrected chi connectivity index (χ0v) is 13.3. The molecule has 0 aliphatic rings. The Labute approximate surface area is 141 Å². The Bertz CT molecular complexity index is 861. The highest BCUT2D eigenvalue weighted by Gasteiger charge is 2.32. The van der Waals surface area contributed by atoms with Crippen LogP contribution in [0.3, 0.4) is 0 Å². The third kappa shape index (κ3) is 4.14. The number of pyridine rings is 1. The van der Waals surface area contributed by atoms with E-state index in [1.54, 1.807) is 0 Å². The maximum atomic E-state index is 12.6. The lowest BCUT2D eigenvalue weighted by molar-refractivity contribution is -0.141. The highest BCUT2D eigenvalue weighted by atomic mass is 19.4. The molecule has 0 atom stereocenters. The lowest BCUT2D eigenvalue weighted by Gasteiger charge is -2.09. The fourth-order valence-electron chi connectivity index (χ4n) is 2.35. The van der Waals surface area contributed by atoms with Crippen molar-refractivity contribution in [2.24, 2.45) is 0 Å². The van der Waals surface area contributed by atoms with Crippen molar-refractivity contribution < 1.29 is 17.9 Å². The third-order valence-corrected chi connectivity index (χ3v) is 3.58. The van der Waals surface area contributed by atoms with Crippen molar-refractivity contribution in [2.45, 2.75) is 19.5 Å². The van der Waals surface area contributed by atoms with Crippen molar-refractivity contribution >= 4 is 0 Å². The van der Waals surface area contributed by atoms with Crippen molar-refractivity contribution in [1.29, 1.82) is 0 Å². The van der Waals surface area contributed by atoms with Gasteiger partial charge in [-0.2, -0.15) is 13.2 Å². The van der Waals surface area contributed by atoms with Gasteiger partial charge in [-0.3, -0.25) is 5.10 Å². The Balaban J connectivity index is 1.64. The topological polar surface area (TPSA) is 63.7 Å². The van der Waals surface area contributed by atoms with Crippen molar-refractivity contribution in [3.8, 4) is 17.1 Å². The predicted molar refractivity (Wildman–Crippen MR) is 85.0 cm³/mol. The van der Waals surface area contributed by atoms with Crippen molar-refractivity contribution in [3.05, 3.63) is 59.4 Å². The molecule has 3 aromatic rings. The fraction of sp³-hybridized carbons (Fsp3) is 0.235. The van der Waals surface area contributed by atoms with E-state index in [0.717, 1.165) is 28.6 Å². The number of alkyl halides is 3. The van der Waals surface area contributed by atoms with E-state index in [4.69, 9.17) is 4.74 Å². The maximum Gasteiger partial charge on any atom is 0.433 e. The number of rotatable bonds is 5. The highest BCUT2D eigenvalue weighted by molar-refractivity contribution is 5.61. The number of H-pyrrole nitrogens is 1. The van der Waals surface area contributed by atoms with Crippen LogP contribution in [0.2, 0.25) is 0 Å². The first-order valence-electron chi connectivity index (χ1n) is 7.57. The summed E-state index contributed by atoms with van der Waals surface area (Å²) in [4.78, 5) is 3.48. The number of benzene rings is 1. The predicted octanol–water partition coefficient (Wildman–Crippen LogP) is 3.82. The van der Waals surface area contributed by atoms with Gasteiger partial charge in [0.25, 0.3) is 0 Å². The molecule has 2 aromatic heterocycles. The molecule has 0 amide bonds. The lowest BCUT2D eigenvalue weighted by atomic mass is 10.1. The molecule has 130 valence electrons. The van der Waals surface area contributed by atoms with E-state index in [1.807, 2.05) is 31.2 Å². The normalized spacial score (nSPS) is 11.5. The molecule has 0 radical (unpaired) electrons. The van der Waals surface area contributed by atoms with Gasteiger partial charge in [0.2, 0.25) is 5.88 Å². The van der Waals surface area contributed by atoms with Crippen LogP contribution in [0.15, 0.2) is 42.5 Å². The van der Waals surface area contributed by atoms with Crippen LogP contribution in [0.5, 0.6) is 5.88 Å². The molecule has 0 saturated heterocycles. The van der Waals surface area contributed by atoms with Crippen LogP contribution in [0, 0.1) is 6.92 Å². The van der Waals surface area contributed by atoms with Crippen LogP contribution in [0.25, 0.3) is 11.3 Å². The van der Waals surface area contributed by atoms with Crippen LogP contribution in [-0.2, 0) is 12.6 Å². The summed E-state index contributed by atoms with van der Waals surface area (Å²) in [5.74, 6) is -0.0432. The van der Waals surface area contributed by atoms with Gasteiger partial charge in [0, 0.05) is 18.1 Å². The minimum atomic E-state index is -4.48. The van der Waals surface area contributed by atoms with Gasteiger partial charge in [0.1, 0.15) is 11.4 Å². The van der Waals surface area contributed by atoms with E-state index in [9.17, 15) is 13.2 Å². The molecule has 2 heterocycles. The molecule has 0 aliphatic carbocycles. The van der Waals surface area contributed by atoms with Crippen molar-refractivity contribution in [3.63, 3.8) is 0 Å². The average molecular weight is 348 g/mol. The fourth-order valence-corrected chi connectivity index (χ4v) is 2.35. The number of aryl methyl sites for hydroxylation is 1. The molecule has 0 fully saturated rings. The summed E-state index contributed by atoms with van der Waals surface area (Å²) < 4.78 is 43.3. The number of halogens is 3. The summed E-state index contributed by atoms with van der Waals surface area (Å²) in [6, 6.07) is 11.3. The van der Waals surface area contributed by atoms with E-state index in [-0.39, 0.29) is 12.5 Å². The van der Waals surface area contributed by atoms with Crippen molar-refractivity contribution in [2.75, 3.05) is 6.61 Å². The molecular weight excluding hydrogens is 333 g/mol. The Hall–Kier alpha value is -2.90. The number of nitrogens with one attached hydrogen (secondary N) is 1. The van der Waals surface area contributed by atoms with E-state index in [2.05, 4.69) is 20.4 Å². The van der Waals surface area contributed by atoms with E-state index in [1.165, 1.54) is 12.1 Å². The summed E-state index contributed by atoms with van der Waals surface area (Å²) in [6.45, 7) is 2.10. The van der Waals surface area contributed by atoms with Gasteiger partial charge in [-0.15, -0.1) is 5.10 Å². The first-order valence-corrected chi connectivity index (χ1v) is 7.57. The van der Waals surface area contributed by atoms with Crippen LogP contribution in [0.4, 0.5) is 13.2 Å². The average Bonchev–Trinajstić information content (AvgIpc) is 3.01. The van der Waals surface area contributed by atoms with Crippen LogP contribution in [0.1, 0.15) is 17.0 Å². The molecule has 8 heteroatoms. The van der Waals surface area contributed by atoms with Gasteiger partial charge < -0.3 is 4.74 Å². The Kier molecular flexibility index (Phi) is 4.69. The highest BCUT2D eigenvalue weighted by Crippen LogP contribution is 2.28. The van der Waals surface area contributed by atoms with Gasteiger partial charge in [-0.1, -0.05) is 29.5 Å². The first kappa shape index (κ1) is 16.9. The van der Waals surface area contributed by atoms with E-state index in [0.29, 0.717) is 6.42 Å². The van der Waals surface area contributed by atoms with Gasteiger partial charge in [0.15, 0.2) is 0 Å². The van der Waals surface area contributed by atoms with Gasteiger partial charge in [-0.25, -0.2) is 4.98 Å². The largest absolute Gasteiger partial charge is 0.477 e.